The van der Waals surface area contributed by atoms with E-state index in [1.54, 1.807) is 13.8 Å². The summed E-state index contributed by atoms with van der Waals surface area (Å²) in [5, 5.41) is 18.2. The highest BCUT2D eigenvalue weighted by atomic mass is 19.1. The Bertz CT molecular complexity index is 718. The van der Waals surface area contributed by atoms with Crippen molar-refractivity contribution in [3.8, 4) is 11.1 Å². The molecule has 0 saturated heterocycles. The zero-order valence-corrected chi connectivity index (χ0v) is 11.5. The van der Waals surface area contributed by atoms with E-state index in [1.165, 1.54) is 24.3 Å². The van der Waals surface area contributed by atoms with Gasteiger partial charge in [-0.3, -0.25) is 0 Å². The molecule has 0 aromatic heterocycles. The Labute approximate surface area is 120 Å². The maximum Gasteiger partial charge on any atom is 0.335 e. The minimum Gasteiger partial charge on any atom is -0.478 e. The standard InChI is InChI=1S/C16H13FO4/c1-8-9(2)14(17)4-3-13(8)10-5-11(15(18)19)7-12(6-10)16(20)21/h3-7H,1-2H3,(H,18,19)(H,20,21). The number of halogens is 1. The molecule has 0 saturated carbocycles. The molecule has 2 aromatic carbocycles. The first-order valence-corrected chi connectivity index (χ1v) is 6.19. The summed E-state index contributed by atoms with van der Waals surface area (Å²) in [6, 6.07) is 6.67. The number of rotatable bonds is 3. The molecule has 21 heavy (non-hydrogen) atoms. The molecule has 0 unspecified atom stereocenters. The van der Waals surface area contributed by atoms with Gasteiger partial charge < -0.3 is 10.2 Å². The van der Waals surface area contributed by atoms with Gasteiger partial charge in [0, 0.05) is 0 Å². The molecule has 0 heterocycles. The van der Waals surface area contributed by atoms with Gasteiger partial charge in [0.2, 0.25) is 0 Å². The molecule has 0 radical (unpaired) electrons. The van der Waals surface area contributed by atoms with Crippen LogP contribution in [0.5, 0.6) is 0 Å². The van der Waals surface area contributed by atoms with Gasteiger partial charge in [0.05, 0.1) is 11.1 Å². The van der Waals surface area contributed by atoms with Crippen LogP contribution in [0.2, 0.25) is 0 Å². The SMILES string of the molecule is Cc1c(F)ccc(-c2cc(C(=O)O)cc(C(=O)O)c2)c1C. The zero-order chi connectivity index (χ0) is 15.7. The molecule has 0 amide bonds. The van der Waals surface area contributed by atoms with E-state index in [2.05, 4.69) is 0 Å². The van der Waals surface area contributed by atoms with Gasteiger partial charge in [-0.1, -0.05) is 6.07 Å². The van der Waals surface area contributed by atoms with Crippen LogP contribution in [0.4, 0.5) is 4.39 Å². The Hall–Kier alpha value is -2.69. The van der Waals surface area contributed by atoms with Crippen LogP contribution in [-0.4, -0.2) is 22.2 Å². The second-order valence-corrected chi connectivity index (χ2v) is 4.75. The van der Waals surface area contributed by atoms with Gasteiger partial charge in [-0.25, -0.2) is 14.0 Å². The van der Waals surface area contributed by atoms with Crippen molar-refractivity contribution in [2.45, 2.75) is 13.8 Å². The van der Waals surface area contributed by atoms with Crippen molar-refractivity contribution in [3.63, 3.8) is 0 Å². The van der Waals surface area contributed by atoms with E-state index in [1.807, 2.05) is 0 Å². The van der Waals surface area contributed by atoms with Crippen molar-refractivity contribution in [2.75, 3.05) is 0 Å². The third-order valence-electron chi connectivity index (χ3n) is 3.46. The van der Waals surface area contributed by atoms with E-state index in [9.17, 15) is 14.0 Å². The van der Waals surface area contributed by atoms with Crippen molar-refractivity contribution in [3.05, 3.63) is 58.4 Å². The van der Waals surface area contributed by atoms with E-state index in [0.29, 0.717) is 22.3 Å². The molecule has 2 N–H and O–H groups in total. The molecule has 0 spiro atoms. The van der Waals surface area contributed by atoms with Crippen molar-refractivity contribution < 1.29 is 24.2 Å². The third-order valence-corrected chi connectivity index (χ3v) is 3.46. The first-order chi connectivity index (χ1) is 9.81. The molecule has 0 aliphatic heterocycles. The van der Waals surface area contributed by atoms with E-state index in [4.69, 9.17) is 10.2 Å². The average molecular weight is 288 g/mol. The minimum atomic E-state index is -1.21. The summed E-state index contributed by atoms with van der Waals surface area (Å²) in [5.41, 5.74) is 1.91. The van der Waals surface area contributed by atoms with Crippen molar-refractivity contribution in [1.82, 2.24) is 0 Å². The second-order valence-electron chi connectivity index (χ2n) is 4.75. The summed E-state index contributed by atoms with van der Waals surface area (Å²) >= 11 is 0. The van der Waals surface area contributed by atoms with Gasteiger partial charge >= 0.3 is 11.9 Å². The van der Waals surface area contributed by atoms with Gasteiger partial charge in [-0.15, -0.1) is 0 Å². The fraction of sp³-hybridized carbons (Fsp3) is 0.125. The molecule has 0 atom stereocenters. The van der Waals surface area contributed by atoms with Gasteiger partial charge in [0.25, 0.3) is 0 Å². The molecule has 5 heteroatoms. The lowest BCUT2D eigenvalue weighted by Crippen LogP contribution is -2.03. The van der Waals surface area contributed by atoms with Crippen molar-refractivity contribution in [2.24, 2.45) is 0 Å². The maximum absolute atomic E-state index is 13.5. The number of aromatic carboxylic acids is 2. The number of carbonyl (C=O) groups is 2. The molecular formula is C16H13FO4. The van der Waals surface area contributed by atoms with Crippen LogP contribution in [0, 0.1) is 19.7 Å². The van der Waals surface area contributed by atoms with Crippen LogP contribution >= 0.6 is 0 Å². The molecule has 108 valence electrons. The van der Waals surface area contributed by atoms with Crippen LogP contribution < -0.4 is 0 Å². The Kier molecular flexibility index (Phi) is 3.76. The van der Waals surface area contributed by atoms with E-state index in [0.717, 1.165) is 6.07 Å². The van der Waals surface area contributed by atoms with Gasteiger partial charge in [0.15, 0.2) is 0 Å². The predicted molar refractivity (Wildman–Crippen MR) is 75.2 cm³/mol. The molecule has 2 rings (SSSR count). The van der Waals surface area contributed by atoms with Crippen LogP contribution in [-0.2, 0) is 0 Å². The number of carboxylic acids is 2. The average Bonchev–Trinajstić information content (AvgIpc) is 2.44. The Morgan fingerprint density at radius 3 is 1.90 bits per heavy atom. The van der Waals surface area contributed by atoms with Crippen LogP contribution in [0.3, 0.4) is 0 Å². The number of benzene rings is 2. The minimum absolute atomic E-state index is 0.119. The van der Waals surface area contributed by atoms with Crippen LogP contribution in [0.25, 0.3) is 11.1 Å². The van der Waals surface area contributed by atoms with Gasteiger partial charge in [0.1, 0.15) is 5.82 Å². The number of carboxylic acid groups (broad SMARTS) is 2. The maximum atomic E-state index is 13.5. The fourth-order valence-corrected chi connectivity index (χ4v) is 2.13. The van der Waals surface area contributed by atoms with Gasteiger partial charge in [-0.2, -0.15) is 0 Å². The highest BCUT2D eigenvalue weighted by molar-refractivity contribution is 5.96. The Morgan fingerprint density at radius 2 is 1.43 bits per heavy atom. The monoisotopic (exact) mass is 288 g/mol. The summed E-state index contributed by atoms with van der Waals surface area (Å²) in [6.45, 7) is 3.33. The quantitative estimate of drug-likeness (QED) is 0.906. The summed E-state index contributed by atoms with van der Waals surface area (Å²) < 4.78 is 13.5. The predicted octanol–water partition coefficient (Wildman–Crippen LogP) is 3.51. The zero-order valence-electron chi connectivity index (χ0n) is 11.5. The topological polar surface area (TPSA) is 74.6 Å². The van der Waals surface area contributed by atoms with Crippen molar-refractivity contribution in [1.29, 1.82) is 0 Å². The summed E-state index contributed by atoms with van der Waals surface area (Å²) in [4.78, 5) is 22.2. The fourth-order valence-electron chi connectivity index (χ4n) is 2.13. The lowest BCUT2D eigenvalue weighted by atomic mass is 9.94. The highest BCUT2D eigenvalue weighted by Gasteiger charge is 2.14. The van der Waals surface area contributed by atoms with Crippen LogP contribution in [0.1, 0.15) is 31.8 Å². The smallest absolute Gasteiger partial charge is 0.335 e. The summed E-state index contributed by atoms with van der Waals surface area (Å²) in [7, 11) is 0. The number of hydrogen-bond acceptors (Lipinski definition) is 2. The first kappa shape index (κ1) is 14.7. The van der Waals surface area contributed by atoms with E-state index >= 15 is 0 Å². The van der Waals surface area contributed by atoms with E-state index in [-0.39, 0.29) is 16.9 Å². The number of hydrogen-bond donors (Lipinski definition) is 2. The van der Waals surface area contributed by atoms with Crippen molar-refractivity contribution >= 4 is 11.9 Å². The lowest BCUT2D eigenvalue weighted by molar-refractivity contribution is 0.0696. The summed E-state index contributed by atoms with van der Waals surface area (Å²) in [5.74, 6) is -2.78. The molecule has 0 bridgehead atoms. The van der Waals surface area contributed by atoms with E-state index < -0.39 is 11.9 Å². The van der Waals surface area contributed by atoms with Crippen LogP contribution in [0.15, 0.2) is 30.3 Å². The Morgan fingerprint density at radius 1 is 0.905 bits per heavy atom. The van der Waals surface area contributed by atoms with Gasteiger partial charge in [-0.05, 0) is 60.4 Å². The molecule has 4 nitrogen and oxygen atoms in total. The molecule has 2 aromatic rings. The second kappa shape index (κ2) is 5.36. The summed E-state index contributed by atoms with van der Waals surface area (Å²) in [6.07, 6.45) is 0. The lowest BCUT2D eigenvalue weighted by Gasteiger charge is -2.11. The first-order valence-electron chi connectivity index (χ1n) is 6.19. The Balaban J connectivity index is 2.71. The molecule has 0 fully saturated rings. The normalized spacial score (nSPS) is 10.4. The molecular weight excluding hydrogens is 275 g/mol. The molecule has 0 aliphatic rings. The largest absolute Gasteiger partial charge is 0.478 e. The highest BCUT2D eigenvalue weighted by Crippen LogP contribution is 2.29. The molecule has 0 aliphatic carbocycles. The third kappa shape index (κ3) is 2.76.